The van der Waals surface area contributed by atoms with Crippen molar-refractivity contribution >= 4 is 5.91 Å². The highest BCUT2D eigenvalue weighted by atomic mass is 19.4. The van der Waals surface area contributed by atoms with Gasteiger partial charge in [-0.3, -0.25) is 4.79 Å². The maximum atomic E-state index is 13.2. The first-order valence-electron chi connectivity index (χ1n) is 9.01. The summed E-state index contributed by atoms with van der Waals surface area (Å²) >= 11 is 0. The van der Waals surface area contributed by atoms with E-state index in [1.807, 2.05) is 0 Å². The number of nitrogens with zero attached hydrogens (tertiary/aromatic N) is 1. The lowest BCUT2D eigenvalue weighted by molar-refractivity contribution is -0.154. The lowest BCUT2D eigenvalue weighted by Gasteiger charge is -2.23. The van der Waals surface area contributed by atoms with Gasteiger partial charge in [0.1, 0.15) is 5.82 Å². The minimum atomic E-state index is -4.56. The van der Waals surface area contributed by atoms with Gasteiger partial charge in [0.15, 0.2) is 6.61 Å². The Morgan fingerprint density at radius 3 is 2.52 bits per heavy atom. The Hall–Kier alpha value is -2.68. The van der Waals surface area contributed by atoms with E-state index in [4.69, 9.17) is 4.74 Å². The Kier molecular flexibility index (Phi) is 5.79. The second-order valence-corrected chi connectivity index (χ2v) is 7.30. The number of aromatic nitrogens is 1. The van der Waals surface area contributed by atoms with Gasteiger partial charge in [-0.25, -0.2) is 9.37 Å². The van der Waals surface area contributed by atoms with Gasteiger partial charge >= 0.3 is 6.18 Å². The van der Waals surface area contributed by atoms with Crippen LogP contribution in [0.3, 0.4) is 0 Å². The fourth-order valence-electron chi connectivity index (χ4n) is 2.89. The standard InChI is InChI=1S/C20H20F4N2O3/c1-19(28,14-4-5-14)10-26-17(27)13-8-16(12-2-6-15(21)7-3-12)18(25-9-13)29-11-20(22,23)24/h2-3,6-9,14,28H,4-5,10-11H2,1H3,(H,26,27). The van der Waals surface area contributed by atoms with Gasteiger partial charge in [0, 0.05) is 18.3 Å². The molecule has 2 N–H and O–H groups in total. The number of hydrogen-bond donors (Lipinski definition) is 2. The molecule has 1 aromatic carbocycles. The molecule has 1 amide bonds. The van der Waals surface area contributed by atoms with Crippen molar-refractivity contribution in [3.8, 4) is 17.0 Å². The molecule has 156 valence electrons. The number of benzene rings is 1. The van der Waals surface area contributed by atoms with Crippen molar-refractivity contribution < 1.29 is 32.2 Å². The van der Waals surface area contributed by atoms with Crippen molar-refractivity contribution in [1.29, 1.82) is 0 Å². The molecule has 5 nitrogen and oxygen atoms in total. The third-order valence-corrected chi connectivity index (χ3v) is 4.70. The normalized spacial score (nSPS) is 16.2. The van der Waals surface area contributed by atoms with Crippen LogP contribution in [0, 0.1) is 11.7 Å². The second-order valence-electron chi connectivity index (χ2n) is 7.30. The molecular formula is C20H20F4N2O3. The molecule has 0 aliphatic heterocycles. The zero-order valence-electron chi connectivity index (χ0n) is 15.6. The average molecular weight is 412 g/mol. The molecule has 1 aromatic heterocycles. The Bertz CT molecular complexity index is 878. The summed E-state index contributed by atoms with van der Waals surface area (Å²) in [6, 6.07) is 6.32. The molecule has 1 unspecified atom stereocenters. The quantitative estimate of drug-likeness (QED) is 0.680. The van der Waals surface area contributed by atoms with Crippen molar-refractivity contribution in [1.82, 2.24) is 10.3 Å². The molecule has 1 aliphatic rings. The number of amides is 1. The van der Waals surface area contributed by atoms with Crippen molar-refractivity contribution in [2.75, 3.05) is 13.2 Å². The molecule has 2 aromatic rings. The summed E-state index contributed by atoms with van der Waals surface area (Å²) in [6.07, 6.45) is -1.68. The van der Waals surface area contributed by atoms with Crippen molar-refractivity contribution in [2.45, 2.75) is 31.5 Å². The Balaban J connectivity index is 1.83. The Morgan fingerprint density at radius 2 is 1.93 bits per heavy atom. The lowest BCUT2D eigenvalue weighted by atomic mass is 10.0. The van der Waals surface area contributed by atoms with E-state index in [-0.39, 0.29) is 29.5 Å². The molecule has 0 spiro atoms. The molecule has 9 heteroatoms. The summed E-state index contributed by atoms with van der Waals surface area (Å²) in [5.41, 5.74) is -0.486. The SMILES string of the molecule is CC(O)(CNC(=O)c1cnc(OCC(F)(F)F)c(-c2ccc(F)cc2)c1)C1CC1. The van der Waals surface area contributed by atoms with Crippen LogP contribution in [0.5, 0.6) is 5.88 Å². The van der Waals surface area contributed by atoms with Gasteiger partial charge in [0.2, 0.25) is 5.88 Å². The number of nitrogens with one attached hydrogen (secondary N) is 1. The number of ether oxygens (including phenoxy) is 1. The first-order chi connectivity index (χ1) is 13.5. The van der Waals surface area contributed by atoms with Crippen molar-refractivity contribution in [3.63, 3.8) is 0 Å². The van der Waals surface area contributed by atoms with E-state index in [9.17, 15) is 27.5 Å². The minimum Gasteiger partial charge on any atom is -0.468 e. The summed E-state index contributed by atoms with van der Waals surface area (Å²) in [5, 5.41) is 12.9. The zero-order chi connectivity index (χ0) is 21.2. The van der Waals surface area contributed by atoms with Crippen LogP contribution in [0.2, 0.25) is 0 Å². The van der Waals surface area contributed by atoms with Crippen molar-refractivity contribution in [2.24, 2.45) is 5.92 Å². The van der Waals surface area contributed by atoms with Crippen LogP contribution in [0.4, 0.5) is 17.6 Å². The fourth-order valence-corrected chi connectivity index (χ4v) is 2.89. The van der Waals surface area contributed by atoms with E-state index >= 15 is 0 Å². The highest BCUT2D eigenvalue weighted by Gasteiger charge is 2.40. The summed E-state index contributed by atoms with van der Waals surface area (Å²) in [5.74, 6) is -1.25. The van der Waals surface area contributed by atoms with E-state index < -0.39 is 30.1 Å². The molecule has 1 saturated carbocycles. The number of halogens is 4. The van der Waals surface area contributed by atoms with Crippen LogP contribution in [-0.4, -0.2) is 40.9 Å². The molecule has 1 heterocycles. The average Bonchev–Trinajstić information content (AvgIpc) is 3.50. The number of rotatable bonds is 7. The third kappa shape index (κ3) is 5.66. The minimum absolute atomic E-state index is 0.0364. The summed E-state index contributed by atoms with van der Waals surface area (Å²) in [7, 11) is 0. The maximum Gasteiger partial charge on any atom is 0.422 e. The highest BCUT2D eigenvalue weighted by Crippen LogP contribution is 2.39. The van der Waals surface area contributed by atoms with Gasteiger partial charge in [-0.05, 0) is 49.4 Å². The molecule has 0 bridgehead atoms. The molecule has 0 radical (unpaired) electrons. The number of aliphatic hydroxyl groups is 1. The van der Waals surface area contributed by atoms with Gasteiger partial charge < -0.3 is 15.2 Å². The smallest absolute Gasteiger partial charge is 0.422 e. The van der Waals surface area contributed by atoms with Gasteiger partial charge in [-0.1, -0.05) is 12.1 Å². The van der Waals surface area contributed by atoms with Crippen LogP contribution in [0.15, 0.2) is 36.5 Å². The van der Waals surface area contributed by atoms with E-state index in [0.29, 0.717) is 5.56 Å². The third-order valence-electron chi connectivity index (χ3n) is 4.70. The Morgan fingerprint density at radius 1 is 1.28 bits per heavy atom. The lowest BCUT2D eigenvalue weighted by Crippen LogP contribution is -2.42. The van der Waals surface area contributed by atoms with E-state index in [2.05, 4.69) is 10.3 Å². The van der Waals surface area contributed by atoms with E-state index in [1.54, 1.807) is 6.92 Å². The van der Waals surface area contributed by atoms with Crippen LogP contribution < -0.4 is 10.1 Å². The van der Waals surface area contributed by atoms with Gasteiger partial charge in [-0.2, -0.15) is 13.2 Å². The van der Waals surface area contributed by atoms with Gasteiger partial charge in [0.05, 0.1) is 11.2 Å². The molecular weight excluding hydrogens is 392 g/mol. The van der Waals surface area contributed by atoms with Crippen LogP contribution in [0.1, 0.15) is 30.1 Å². The second kappa shape index (κ2) is 7.98. The molecule has 0 saturated heterocycles. The molecule has 1 aliphatic carbocycles. The van der Waals surface area contributed by atoms with Gasteiger partial charge in [0.25, 0.3) is 5.91 Å². The fraction of sp³-hybridized carbons (Fsp3) is 0.400. The van der Waals surface area contributed by atoms with Crippen molar-refractivity contribution in [3.05, 3.63) is 47.9 Å². The number of alkyl halides is 3. The topological polar surface area (TPSA) is 71.5 Å². The largest absolute Gasteiger partial charge is 0.468 e. The predicted octanol–water partition coefficient (Wildman–Crippen LogP) is 3.72. The molecule has 29 heavy (non-hydrogen) atoms. The van der Waals surface area contributed by atoms with Crippen LogP contribution in [0.25, 0.3) is 11.1 Å². The zero-order valence-corrected chi connectivity index (χ0v) is 15.6. The monoisotopic (exact) mass is 412 g/mol. The Labute approximate surface area is 164 Å². The predicted molar refractivity (Wildman–Crippen MR) is 96.9 cm³/mol. The number of carbonyl (C=O) groups excluding carboxylic acids is 1. The first kappa shape index (κ1) is 21.0. The molecule has 3 rings (SSSR count). The number of hydrogen-bond acceptors (Lipinski definition) is 4. The van der Waals surface area contributed by atoms with Crippen LogP contribution in [-0.2, 0) is 0 Å². The summed E-state index contributed by atoms with van der Waals surface area (Å²) < 4.78 is 55.6. The molecule has 1 atom stereocenters. The van der Waals surface area contributed by atoms with Gasteiger partial charge in [-0.15, -0.1) is 0 Å². The number of carbonyl (C=O) groups is 1. The maximum absolute atomic E-state index is 13.2. The van der Waals surface area contributed by atoms with Crippen LogP contribution >= 0.6 is 0 Å². The first-order valence-corrected chi connectivity index (χ1v) is 9.01. The highest BCUT2D eigenvalue weighted by molar-refractivity contribution is 5.95. The summed E-state index contributed by atoms with van der Waals surface area (Å²) in [6.45, 7) is 0.125. The van der Waals surface area contributed by atoms with E-state index in [0.717, 1.165) is 31.2 Å². The summed E-state index contributed by atoms with van der Waals surface area (Å²) in [4.78, 5) is 16.3. The molecule has 1 fully saturated rings. The van der Waals surface area contributed by atoms with E-state index in [1.165, 1.54) is 18.2 Å². The number of pyridine rings is 1.